The maximum absolute atomic E-state index is 6.89. The van der Waals surface area contributed by atoms with Gasteiger partial charge in [0, 0.05) is 32.8 Å². The Hall–Kier alpha value is -6.12. The van der Waals surface area contributed by atoms with Gasteiger partial charge >= 0.3 is 0 Å². The standard InChI is InChI=1S/C44H26O2/c1-2-14-28(15-3-1)44-43(42-38(46-44)26-25-37-41(42)35-22-10-11-24-36(35)45-37)40-33-20-8-6-18-31(33)39(32-19-7-9-21-34(32)40)30-23-12-16-27-13-4-5-17-29(27)30/h1-26H. The molecule has 0 atom stereocenters. The van der Waals surface area contributed by atoms with Gasteiger partial charge in [0.15, 0.2) is 0 Å². The van der Waals surface area contributed by atoms with E-state index in [0.717, 1.165) is 49.8 Å². The fourth-order valence-electron chi connectivity index (χ4n) is 7.57. The molecule has 0 fully saturated rings. The minimum Gasteiger partial charge on any atom is -0.456 e. The van der Waals surface area contributed by atoms with Gasteiger partial charge in [0.25, 0.3) is 0 Å². The average molecular weight is 587 g/mol. The van der Waals surface area contributed by atoms with Gasteiger partial charge in [0.2, 0.25) is 0 Å². The van der Waals surface area contributed by atoms with Crippen LogP contribution in [0.3, 0.4) is 0 Å². The quantitative estimate of drug-likeness (QED) is 0.193. The first-order chi connectivity index (χ1) is 22.8. The Morgan fingerprint density at radius 3 is 1.57 bits per heavy atom. The molecule has 10 aromatic rings. The number of fused-ring (bicyclic) bond motifs is 8. The molecule has 0 saturated carbocycles. The first-order valence-corrected chi connectivity index (χ1v) is 15.7. The molecule has 10 rings (SSSR count). The molecule has 2 heteroatoms. The summed E-state index contributed by atoms with van der Waals surface area (Å²) in [5.74, 6) is 0.863. The van der Waals surface area contributed by atoms with Crippen LogP contribution in [0.1, 0.15) is 0 Å². The summed E-state index contributed by atoms with van der Waals surface area (Å²) in [5, 5.41) is 10.5. The van der Waals surface area contributed by atoms with E-state index in [4.69, 9.17) is 8.83 Å². The molecule has 46 heavy (non-hydrogen) atoms. The third-order valence-corrected chi connectivity index (χ3v) is 9.47. The van der Waals surface area contributed by atoms with Crippen LogP contribution in [0.5, 0.6) is 0 Å². The maximum atomic E-state index is 6.89. The second kappa shape index (κ2) is 9.69. The molecule has 0 spiro atoms. The lowest BCUT2D eigenvalue weighted by Gasteiger charge is -2.19. The van der Waals surface area contributed by atoms with Crippen molar-refractivity contribution in [3.05, 3.63) is 158 Å². The maximum Gasteiger partial charge on any atom is 0.143 e. The summed E-state index contributed by atoms with van der Waals surface area (Å²) in [6.07, 6.45) is 0. The number of rotatable bonds is 3. The highest BCUT2D eigenvalue weighted by molar-refractivity contribution is 6.30. The Bertz CT molecular complexity index is 2740. The minimum atomic E-state index is 0.846. The van der Waals surface area contributed by atoms with Gasteiger partial charge in [-0.05, 0) is 61.6 Å². The molecule has 0 saturated heterocycles. The van der Waals surface area contributed by atoms with Crippen LogP contribution in [-0.4, -0.2) is 0 Å². The predicted octanol–water partition coefficient (Wildman–Crippen LogP) is 12.8. The molecule has 2 heterocycles. The summed E-state index contributed by atoms with van der Waals surface area (Å²) in [7, 11) is 0. The predicted molar refractivity (Wildman–Crippen MR) is 192 cm³/mol. The van der Waals surface area contributed by atoms with Crippen LogP contribution in [0.4, 0.5) is 0 Å². The van der Waals surface area contributed by atoms with E-state index in [2.05, 4.69) is 140 Å². The Kier molecular flexibility index (Phi) is 5.31. The zero-order chi connectivity index (χ0) is 30.2. The zero-order valence-electron chi connectivity index (χ0n) is 24.8. The third-order valence-electron chi connectivity index (χ3n) is 9.47. The smallest absolute Gasteiger partial charge is 0.143 e. The van der Waals surface area contributed by atoms with E-state index < -0.39 is 0 Å². The summed E-state index contributed by atoms with van der Waals surface area (Å²) in [4.78, 5) is 0. The second-order valence-corrected chi connectivity index (χ2v) is 12.0. The van der Waals surface area contributed by atoms with Gasteiger partial charge < -0.3 is 8.83 Å². The minimum absolute atomic E-state index is 0.846. The molecule has 0 aliphatic rings. The van der Waals surface area contributed by atoms with Gasteiger partial charge in [-0.15, -0.1) is 0 Å². The van der Waals surface area contributed by atoms with Crippen molar-refractivity contribution in [2.75, 3.05) is 0 Å². The Balaban J connectivity index is 1.45. The van der Waals surface area contributed by atoms with Crippen molar-refractivity contribution in [1.29, 1.82) is 0 Å². The fraction of sp³-hybridized carbons (Fsp3) is 0. The number of hydrogen-bond acceptors (Lipinski definition) is 2. The van der Waals surface area contributed by atoms with Crippen molar-refractivity contribution in [1.82, 2.24) is 0 Å². The SMILES string of the molecule is c1ccc(-c2oc3ccc4oc5ccccc5c4c3c2-c2c3ccccc3c(-c3cccc4ccccc34)c3ccccc23)cc1. The summed E-state index contributed by atoms with van der Waals surface area (Å²) >= 11 is 0. The Morgan fingerprint density at radius 1 is 0.304 bits per heavy atom. The van der Waals surface area contributed by atoms with Crippen molar-refractivity contribution >= 4 is 65.2 Å². The normalized spacial score (nSPS) is 11.9. The van der Waals surface area contributed by atoms with Crippen LogP contribution in [0, 0.1) is 0 Å². The van der Waals surface area contributed by atoms with Crippen LogP contribution in [0.25, 0.3) is 98.8 Å². The average Bonchev–Trinajstić information content (AvgIpc) is 3.69. The largest absolute Gasteiger partial charge is 0.456 e. The van der Waals surface area contributed by atoms with Crippen molar-refractivity contribution in [2.45, 2.75) is 0 Å². The fourth-order valence-corrected chi connectivity index (χ4v) is 7.57. The van der Waals surface area contributed by atoms with Gasteiger partial charge in [0.05, 0.1) is 0 Å². The van der Waals surface area contributed by atoms with Gasteiger partial charge in [0.1, 0.15) is 22.5 Å². The van der Waals surface area contributed by atoms with Gasteiger partial charge in [-0.3, -0.25) is 0 Å². The molecule has 0 aliphatic heterocycles. The highest BCUT2D eigenvalue weighted by Crippen LogP contribution is 2.52. The molecule has 2 aromatic heterocycles. The zero-order valence-corrected chi connectivity index (χ0v) is 24.8. The summed E-state index contributed by atoms with van der Waals surface area (Å²) in [6, 6.07) is 55.9. The number of hydrogen-bond donors (Lipinski definition) is 0. The topological polar surface area (TPSA) is 26.3 Å². The monoisotopic (exact) mass is 586 g/mol. The molecule has 2 nitrogen and oxygen atoms in total. The van der Waals surface area contributed by atoms with Gasteiger partial charge in [-0.25, -0.2) is 0 Å². The van der Waals surface area contributed by atoms with Gasteiger partial charge in [-0.2, -0.15) is 0 Å². The molecule has 0 bridgehead atoms. The van der Waals surface area contributed by atoms with Crippen LogP contribution in [-0.2, 0) is 0 Å². The Morgan fingerprint density at radius 2 is 0.848 bits per heavy atom. The molecule has 8 aromatic carbocycles. The molecular formula is C44H26O2. The first-order valence-electron chi connectivity index (χ1n) is 15.7. The van der Waals surface area contributed by atoms with Crippen LogP contribution in [0.2, 0.25) is 0 Å². The molecule has 0 amide bonds. The number of para-hydroxylation sites is 1. The molecular weight excluding hydrogens is 560 g/mol. The van der Waals surface area contributed by atoms with Crippen molar-refractivity contribution in [2.24, 2.45) is 0 Å². The lowest BCUT2D eigenvalue weighted by atomic mass is 9.83. The number of benzene rings is 8. The lowest BCUT2D eigenvalue weighted by molar-refractivity contribution is 0.632. The van der Waals surface area contributed by atoms with Crippen molar-refractivity contribution in [3.8, 4) is 33.6 Å². The van der Waals surface area contributed by atoms with Crippen molar-refractivity contribution in [3.63, 3.8) is 0 Å². The van der Waals surface area contributed by atoms with Gasteiger partial charge in [-0.1, -0.05) is 140 Å². The molecule has 0 N–H and O–H groups in total. The summed E-state index contributed by atoms with van der Waals surface area (Å²) < 4.78 is 13.3. The highest BCUT2D eigenvalue weighted by atomic mass is 16.3. The van der Waals surface area contributed by atoms with E-state index in [1.165, 1.54) is 49.0 Å². The second-order valence-electron chi connectivity index (χ2n) is 12.0. The van der Waals surface area contributed by atoms with Crippen LogP contribution >= 0.6 is 0 Å². The van der Waals surface area contributed by atoms with E-state index in [0.29, 0.717) is 0 Å². The third kappa shape index (κ3) is 3.53. The molecule has 214 valence electrons. The Labute approximate surface area is 264 Å². The van der Waals surface area contributed by atoms with E-state index in [9.17, 15) is 0 Å². The van der Waals surface area contributed by atoms with Crippen LogP contribution < -0.4 is 0 Å². The molecule has 0 aliphatic carbocycles. The van der Waals surface area contributed by atoms with E-state index in [-0.39, 0.29) is 0 Å². The lowest BCUT2D eigenvalue weighted by Crippen LogP contribution is -1.92. The van der Waals surface area contributed by atoms with E-state index >= 15 is 0 Å². The van der Waals surface area contributed by atoms with E-state index in [1.54, 1.807) is 0 Å². The highest BCUT2D eigenvalue weighted by Gasteiger charge is 2.26. The van der Waals surface area contributed by atoms with Crippen LogP contribution in [0.15, 0.2) is 167 Å². The summed E-state index contributed by atoms with van der Waals surface area (Å²) in [6.45, 7) is 0. The molecule has 0 unspecified atom stereocenters. The van der Waals surface area contributed by atoms with E-state index in [1.807, 2.05) is 18.2 Å². The molecule has 0 radical (unpaired) electrons. The number of furan rings is 2. The van der Waals surface area contributed by atoms with Crippen molar-refractivity contribution < 1.29 is 8.83 Å². The first kappa shape index (κ1) is 25.2. The summed E-state index contributed by atoms with van der Waals surface area (Å²) in [5.41, 5.74) is 8.37.